The Morgan fingerprint density at radius 2 is 1.69 bits per heavy atom. The number of pyridine rings is 1. The van der Waals surface area contributed by atoms with Crippen molar-refractivity contribution >= 4 is 41.2 Å². The minimum atomic E-state index is -4.75. The molecule has 0 radical (unpaired) electrons. The van der Waals surface area contributed by atoms with Gasteiger partial charge in [0.15, 0.2) is 6.29 Å². The Kier molecular flexibility index (Phi) is 10.4. The second kappa shape index (κ2) is 13.3. The van der Waals surface area contributed by atoms with Crippen molar-refractivity contribution in [2.75, 3.05) is 7.05 Å². The fraction of sp³-hybridized carbons (Fsp3) is 0.222. The van der Waals surface area contributed by atoms with Crippen LogP contribution >= 0.6 is 35.0 Å². The van der Waals surface area contributed by atoms with E-state index in [-0.39, 0.29) is 26.1 Å². The molecule has 4 aromatic rings. The highest BCUT2D eigenvalue weighted by Crippen LogP contribution is 2.40. The standard InChI is InChI=1S/C13H6Cl2F3NO2S.C12H13N3.C2H6/c14-7-2-1-3-8(15)11(7)22-9-4-10(13(16,17)18)19-12(21)6(9)5-20;1-14-8-10-3-4-12(7-11(10)9-14)15-6-2-5-13-15;1-2/h1-5H,(H,19,21);2-7H,8-9H2,1H3;1-2H3. The molecular formula is C27H25Cl2F3N4O2S. The Morgan fingerprint density at radius 1 is 1.03 bits per heavy atom. The van der Waals surface area contributed by atoms with Crippen LogP contribution in [0, 0.1) is 0 Å². The first-order valence-corrected chi connectivity index (χ1v) is 13.4. The summed E-state index contributed by atoms with van der Waals surface area (Å²) in [6.45, 7) is 6.11. The van der Waals surface area contributed by atoms with E-state index >= 15 is 0 Å². The number of aldehydes is 1. The van der Waals surface area contributed by atoms with Gasteiger partial charge in [0.2, 0.25) is 0 Å². The number of aromatic amines is 1. The summed E-state index contributed by atoms with van der Waals surface area (Å²) in [4.78, 5) is 26.6. The number of aromatic nitrogens is 3. The number of halogens is 5. The predicted octanol–water partition coefficient (Wildman–Crippen LogP) is 7.51. The fourth-order valence-electron chi connectivity index (χ4n) is 3.70. The van der Waals surface area contributed by atoms with E-state index in [0.29, 0.717) is 6.07 Å². The second-order valence-electron chi connectivity index (χ2n) is 8.13. The summed E-state index contributed by atoms with van der Waals surface area (Å²) in [5, 5.41) is 4.63. The molecule has 3 heterocycles. The molecule has 0 spiro atoms. The van der Waals surface area contributed by atoms with Gasteiger partial charge in [-0.3, -0.25) is 14.5 Å². The Morgan fingerprint density at radius 3 is 2.28 bits per heavy atom. The van der Waals surface area contributed by atoms with Crippen molar-refractivity contribution < 1.29 is 18.0 Å². The Hall–Kier alpha value is -3.05. The number of fused-ring (bicyclic) bond motifs is 1. The van der Waals surface area contributed by atoms with E-state index in [1.54, 1.807) is 17.2 Å². The number of H-pyrrole nitrogens is 1. The minimum absolute atomic E-state index is 0.180. The highest BCUT2D eigenvalue weighted by atomic mass is 35.5. The van der Waals surface area contributed by atoms with Crippen molar-refractivity contribution in [3.05, 3.63) is 104 Å². The van der Waals surface area contributed by atoms with Crippen molar-refractivity contribution in [2.24, 2.45) is 0 Å². The first-order chi connectivity index (χ1) is 18.6. The molecule has 1 aliphatic rings. The van der Waals surface area contributed by atoms with Crippen molar-refractivity contribution in [1.29, 1.82) is 0 Å². The summed E-state index contributed by atoms with van der Waals surface area (Å²) in [5.74, 6) is 0. The van der Waals surface area contributed by atoms with E-state index in [1.165, 1.54) is 23.3 Å². The van der Waals surface area contributed by atoms with Crippen LogP contribution in [-0.2, 0) is 19.3 Å². The third kappa shape index (κ3) is 7.54. The molecule has 5 rings (SSSR count). The molecule has 1 N–H and O–H groups in total. The van der Waals surface area contributed by atoms with Crippen LogP contribution in [0.4, 0.5) is 13.2 Å². The van der Waals surface area contributed by atoms with Gasteiger partial charge < -0.3 is 4.98 Å². The monoisotopic (exact) mass is 596 g/mol. The number of hydrogen-bond acceptors (Lipinski definition) is 5. The molecule has 6 nitrogen and oxygen atoms in total. The van der Waals surface area contributed by atoms with Crippen molar-refractivity contribution in [3.8, 4) is 5.69 Å². The first-order valence-electron chi connectivity index (χ1n) is 11.8. The summed E-state index contributed by atoms with van der Waals surface area (Å²) >= 11 is 12.6. The van der Waals surface area contributed by atoms with E-state index in [1.807, 2.05) is 30.8 Å². The fourth-order valence-corrected chi connectivity index (χ4v) is 5.31. The van der Waals surface area contributed by atoms with Crippen molar-refractivity contribution in [1.82, 2.24) is 19.7 Å². The average molecular weight is 597 g/mol. The van der Waals surface area contributed by atoms with Crippen LogP contribution in [0.15, 0.2) is 75.5 Å². The maximum Gasteiger partial charge on any atom is 0.431 e. The molecule has 0 unspecified atom stereocenters. The zero-order valence-corrected chi connectivity index (χ0v) is 23.5. The van der Waals surface area contributed by atoms with Gasteiger partial charge in [0.1, 0.15) is 5.69 Å². The van der Waals surface area contributed by atoms with E-state index in [0.717, 1.165) is 30.5 Å². The second-order valence-corrected chi connectivity index (χ2v) is 10.0. The lowest BCUT2D eigenvalue weighted by molar-refractivity contribution is -0.141. The number of rotatable bonds is 4. The van der Waals surface area contributed by atoms with Crippen LogP contribution < -0.4 is 5.56 Å². The van der Waals surface area contributed by atoms with Gasteiger partial charge in [0, 0.05) is 35.3 Å². The lowest BCUT2D eigenvalue weighted by atomic mass is 10.1. The zero-order valence-electron chi connectivity index (χ0n) is 21.2. The average Bonchev–Trinajstić information content (AvgIpc) is 3.56. The number of carbonyl (C=O) groups excluding carboxylic acids is 1. The normalized spacial score (nSPS) is 12.6. The first kappa shape index (κ1) is 30.5. The molecule has 206 valence electrons. The molecule has 0 saturated heterocycles. The minimum Gasteiger partial charge on any atom is -0.318 e. The maximum absolute atomic E-state index is 12.8. The number of nitrogens with one attached hydrogen (secondary N) is 1. The lowest BCUT2D eigenvalue weighted by Crippen LogP contribution is -2.20. The molecule has 0 fully saturated rings. The highest BCUT2D eigenvalue weighted by Gasteiger charge is 2.33. The summed E-state index contributed by atoms with van der Waals surface area (Å²) < 4.78 is 40.2. The van der Waals surface area contributed by atoms with E-state index in [2.05, 4.69) is 35.2 Å². The predicted molar refractivity (Wildman–Crippen MR) is 148 cm³/mol. The Balaban J connectivity index is 0.000000214. The van der Waals surface area contributed by atoms with E-state index in [4.69, 9.17) is 23.2 Å². The summed E-state index contributed by atoms with van der Waals surface area (Å²) in [6.07, 6.45) is -0.786. The van der Waals surface area contributed by atoms with Crippen LogP contribution in [0.1, 0.15) is 41.0 Å². The molecule has 0 amide bonds. The number of carbonyl (C=O) groups is 1. The summed E-state index contributed by atoms with van der Waals surface area (Å²) in [6, 6.07) is 13.7. The van der Waals surface area contributed by atoms with Gasteiger partial charge in [0.05, 0.1) is 21.3 Å². The zero-order chi connectivity index (χ0) is 28.7. The number of hydrogen-bond donors (Lipinski definition) is 1. The van der Waals surface area contributed by atoms with Crippen LogP contribution in [-0.4, -0.2) is 33.0 Å². The van der Waals surface area contributed by atoms with Gasteiger partial charge in [-0.2, -0.15) is 18.3 Å². The molecule has 2 aromatic carbocycles. The maximum atomic E-state index is 12.8. The van der Waals surface area contributed by atoms with Crippen molar-refractivity contribution in [2.45, 2.75) is 42.9 Å². The van der Waals surface area contributed by atoms with Crippen LogP contribution in [0.5, 0.6) is 0 Å². The Bertz CT molecular complexity index is 1470. The molecular weight excluding hydrogens is 572 g/mol. The van der Waals surface area contributed by atoms with E-state index < -0.39 is 23.0 Å². The molecule has 12 heteroatoms. The Labute approximate surface area is 237 Å². The molecule has 0 saturated carbocycles. The third-order valence-electron chi connectivity index (χ3n) is 5.43. The summed E-state index contributed by atoms with van der Waals surface area (Å²) in [7, 11) is 2.15. The highest BCUT2D eigenvalue weighted by molar-refractivity contribution is 7.99. The van der Waals surface area contributed by atoms with E-state index in [9.17, 15) is 22.8 Å². The SMILES string of the molecule is CC.CN1Cc2ccc(-n3cccn3)cc2C1.O=Cc1c(Sc2c(Cl)cccc2Cl)cc(C(F)(F)F)[nH]c1=O. The lowest BCUT2D eigenvalue weighted by Gasteiger charge is -2.11. The van der Waals surface area contributed by atoms with Crippen LogP contribution in [0.25, 0.3) is 5.69 Å². The molecule has 1 aliphatic heterocycles. The quantitative estimate of drug-likeness (QED) is 0.247. The molecule has 2 aromatic heterocycles. The van der Waals surface area contributed by atoms with Gasteiger partial charge in [-0.15, -0.1) is 0 Å². The number of alkyl halides is 3. The molecule has 0 atom stereocenters. The van der Waals surface area contributed by atoms with Crippen LogP contribution in [0.2, 0.25) is 10.0 Å². The van der Waals surface area contributed by atoms with Crippen molar-refractivity contribution in [3.63, 3.8) is 0 Å². The number of nitrogens with zero attached hydrogens (tertiary/aromatic N) is 3. The van der Waals surface area contributed by atoms with Gasteiger partial charge in [-0.1, -0.05) is 60.9 Å². The summed E-state index contributed by atoms with van der Waals surface area (Å²) in [5.41, 5.74) is 1.20. The number of benzene rings is 2. The van der Waals surface area contributed by atoms with Gasteiger partial charge >= 0.3 is 6.18 Å². The third-order valence-corrected chi connectivity index (χ3v) is 7.48. The van der Waals surface area contributed by atoms with Gasteiger partial charge in [-0.25, -0.2) is 4.68 Å². The molecule has 0 bridgehead atoms. The van der Waals surface area contributed by atoms with Crippen LogP contribution in [0.3, 0.4) is 0 Å². The molecule has 0 aliphatic carbocycles. The largest absolute Gasteiger partial charge is 0.431 e. The molecule has 39 heavy (non-hydrogen) atoms. The smallest absolute Gasteiger partial charge is 0.318 e. The van der Waals surface area contributed by atoms with Gasteiger partial charge in [-0.05, 0) is 54.6 Å². The topological polar surface area (TPSA) is 71.0 Å². The van der Waals surface area contributed by atoms with Gasteiger partial charge in [0.25, 0.3) is 5.56 Å².